The number of thioether (sulfide) groups is 1. The Morgan fingerprint density at radius 3 is 2.50 bits per heavy atom. The van der Waals surface area contributed by atoms with Crippen molar-refractivity contribution < 1.29 is 4.74 Å². The van der Waals surface area contributed by atoms with E-state index in [0.29, 0.717) is 0 Å². The molecule has 3 heteroatoms. The van der Waals surface area contributed by atoms with Crippen molar-refractivity contribution in [2.75, 3.05) is 19.3 Å². The van der Waals surface area contributed by atoms with Gasteiger partial charge in [0.25, 0.3) is 0 Å². The molecule has 0 unspecified atom stereocenters. The van der Waals surface area contributed by atoms with Crippen LogP contribution in [0.3, 0.4) is 0 Å². The molecule has 2 nitrogen and oxygen atoms in total. The van der Waals surface area contributed by atoms with E-state index in [1.807, 2.05) is 30.9 Å². The maximum atomic E-state index is 6.37. The van der Waals surface area contributed by atoms with Crippen LogP contribution in [0.1, 0.15) is 31.4 Å². The van der Waals surface area contributed by atoms with Crippen molar-refractivity contribution in [3.05, 3.63) is 60.2 Å². The molecule has 0 amide bonds. The Morgan fingerprint density at radius 2 is 1.77 bits per heavy atom. The number of benzene rings is 2. The monoisotopic (exact) mass is 315 g/mol. The molecule has 0 heterocycles. The standard InChI is InChI=1S/C19H25NOS/c1-3-15-22-19-12-8-7-11-18(19)21-17(13-14-20-2)16-9-5-4-6-10-16/h4-12,17,20H,3,13-15H2,1-2H3/t17-/m1/s1. The highest BCUT2D eigenvalue weighted by Crippen LogP contribution is 2.33. The van der Waals surface area contributed by atoms with E-state index in [1.54, 1.807) is 0 Å². The molecule has 22 heavy (non-hydrogen) atoms. The molecule has 0 saturated heterocycles. The van der Waals surface area contributed by atoms with Gasteiger partial charge in [-0.1, -0.05) is 49.4 Å². The van der Waals surface area contributed by atoms with Crippen LogP contribution in [0.25, 0.3) is 0 Å². The fraction of sp³-hybridized carbons (Fsp3) is 0.368. The molecule has 0 aliphatic heterocycles. The fourth-order valence-corrected chi connectivity index (χ4v) is 3.13. The molecule has 1 atom stereocenters. The Bertz CT molecular complexity index is 544. The molecule has 0 fully saturated rings. The summed E-state index contributed by atoms with van der Waals surface area (Å²) in [5.74, 6) is 2.11. The molecule has 2 rings (SSSR count). The van der Waals surface area contributed by atoms with E-state index in [9.17, 15) is 0 Å². The summed E-state index contributed by atoms with van der Waals surface area (Å²) < 4.78 is 6.37. The van der Waals surface area contributed by atoms with E-state index < -0.39 is 0 Å². The highest BCUT2D eigenvalue weighted by atomic mass is 32.2. The van der Waals surface area contributed by atoms with Gasteiger partial charge in [-0.25, -0.2) is 0 Å². The van der Waals surface area contributed by atoms with E-state index in [-0.39, 0.29) is 6.10 Å². The van der Waals surface area contributed by atoms with Gasteiger partial charge in [0.1, 0.15) is 11.9 Å². The molecular weight excluding hydrogens is 290 g/mol. The van der Waals surface area contributed by atoms with Crippen molar-refractivity contribution in [2.24, 2.45) is 0 Å². The van der Waals surface area contributed by atoms with Crippen LogP contribution in [-0.4, -0.2) is 19.3 Å². The third kappa shape index (κ3) is 5.08. The highest BCUT2D eigenvalue weighted by Gasteiger charge is 2.14. The van der Waals surface area contributed by atoms with Gasteiger partial charge in [0.05, 0.1) is 0 Å². The first-order chi connectivity index (χ1) is 10.8. The molecule has 0 saturated carbocycles. The zero-order valence-electron chi connectivity index (χ0n) is 13.4. The zero-order valence-corrected chi connectivity index (χ0v) is 14.2. The van der Waals surface area contributed by atoms with Crippen LogP contribution in [0.4, 0.5) is 0 Å². The fourth-order valence-electron chi connectivity index (χ4n) is 2.27. The minimum absolute atomic E-state index is 0.0806. The molecule has 0 aliphatic rings. The lowest BCUT2D eigenvalue weighted by molar-refractivity contribution is 0.190. The predicted molar refractivity (Wildman–Crippen MR) is 95.8 cm³/mol. The first-order valence-electron chi connectivity index (χ1n) is 7.93. The SMILES string of the molecule is CCCSc1ccccc1O[C@H](CCNC)c1ccccc1. The number of ether oxygens (including phenoxy) is 1. The summed E-state index contributed by atoms with van der Waals surface area (Å²) >= 11 is 1.87. The predicted octanol–water partition coefficient (Wildman–Crippen LogP) is 4.92. The van der Waals surface area contributed by atoms with Crippen LogP contribution in [0.2, 0.25) is 0 Å². The summed E-state index contributed by atoms with van der Waals surface area (Å²) in [5.41, 5.74) is 1.23. The third-order valence-electron chi connectivity index (χ3n) is 3.41. The largest absolute Gasteiger partial charge is 0.485 e. The van der Waals surface area contributed by atoms with Crippen LogP contribution in [0.15, 0.2) is 59.5 Å². The molecule has 2 aromatic carbocycles. The molecule has 0 radical (unpaired) electrons. The summed E-state index contributed by atoms with van der Waals surface area (Å²) in [6.07, 6.45) is 2.20. The van der Waals surface area contributed by atoms with E-state index in [1.165, 1.54) is 16.9 Å². The number of rotatable bonds is 9. The second-order valence-electron chi connectivity index (χ2n) is 5.20. The Balaban J connectivity index is 2.16. The van der Waals surface area contributed by atoms with Gasteiger partial charge < -0.3 is 10.1 Å². The third-order valence-corrected chi connectivity index (χ3v) is 4.67. The number of hydrogen-bond donors (Lipinski definition) is 1. The number of para-hydroxylation sites is 1. The summed E-state index contributed by atoms with van der Waals surface area (Å²) in [6.45, 7) is 3.14. The van der Waals surface area contributed by atoms with Gasteiger partial charge in [-0.3, -0.25) is 0 Å². The van der Waals surface area contributed by atoms with Crippen LogP contribution < -0.4 is 10.1 Å². The average molecular weight is 315 g/mol. The minimum atomic E-state index is 0.0806. The van der Waals surface area contributed by atoms with Crippen molar-refractivity contribution in [3.8, 4) is 5.75 Å². The van der Waals surface area contributed by atoms with Crippen LogP contribution in [0.5, 0.6) is 5.75 Å². The van der Waals surface area contributed by atoms with Gasteiger partial charge in [-0.05, 0) is 43.5 Å². The van der Waals surface area contributed by atoms with Crippen molar-refractivity contribution in [1.29, 1.82) is 0 Å². The van der Waals surface area contributed by atoms with Crippen LogP contribution in [-0.2, 0) is 0 Å². The molecule has 0 bridgehead atoms. The van der Waals surface area contributed by atoms with Crippen LogP contribution in [0, 0.1) is 0 Å². The van der Waals surface area contributed by atoms with Crippen molar-refractivity contribution >= 4 is 11.8 Å². The van der Waals surface area contributed by atoms with Gasteiger partial charge in [0, 0.05) is 11.3 Å². The van der Waals surface area contributed by atoms with Gasteiger partial charge in [0.2, 0.25) is 0 Å². The molecule has 0 spiro atoms. The van der Waals surface area contributed by atoms with Crippen LogP contribution >= 0.6 is 11.8 Å². The minimum Gasteiger partial charge on any atom is -0.485 e. The van der Waals surface area contributed by atoms with Gasteiger partial charge in [-0.2, -0.15) is 0 Å². The zero-order chi connectivity index (χ0) is 15.6. The summed E-state index contributed by atoms with van der Waals surface area (Å²) in [6, 6.07) is 18.8. The first-order valence-corrected chi connectivity index (χ1v) is 8.91. The van der Waals surface area contributed by atoms with Crippen molar-refractivity contribution in [3.63, 3.8) is 0 Å². The van der Waals surface area contributed by atoms with E-state index in [2.05, 4.69) is 54.7 Å². The molecule has 2 aromatic rings. The molecule has 0 aromatic heterocycles. The maximum Gasteiger partial charge on any atom is 0.133 e. The quantitative estimate of drug-likeness (QED) is 0.664. The van der Waals surface area contributed by atoms with E-state index >= 15 is 0 Å². The topological polar surface area (TPSA) is 21.3 Å². The first kappa shape index (κ1) is 16.9. The molecule has 0 aliphatic carbocycles. The molecular formula is C19H25NOS. The number of nitrogens with one attached hydrogen (secondary N) is 1. The van der Waals surface area contributed by atoms with E-state index in [4.69, 9.17) is 4.74 Å². The second kappa shape index (κ2) is 9.54. The Labute approximate surface area is 138 Å². The van der Waals surface area contributed by atoms with Gasteiger partial charge in [0.15, 0.2) is 0 Å². The highest BCUT2D eigenvalue weighted by molar-refractivity contribution is 7.99. The molecule has 1 N–H and O–H groups in total. The van der Waals surface area contributed by atoms with Gasteiger partial charge >= 0.3 is 0 Å². The smallest absolute Gasteiger partial charge is 0.133 e. The molecule has 118 valence electrons. The average Bonchev–Trinajstić information content (AvgIpc) is 2.58. The lowest BCUT2D eigenvalue weighted by Crippen LogP contribution is -2.16. The lowest BCUT2D eigenvalue weighted by Gasteiger charge is -2.21. The Kier molecular flexibility index (Phi) is 7.34. The summed E-state index contributed by atoms with van der Waals surface area (Å²) in [5, 5.41) is 3.22. The summed E-state index contributed by atoms with van der Waals surface area (Å²) in [7, 11) is 1.98. The summed E-state index contributed by atoms with van der Waals surface area (Å²) in [4.78, 5) is 1.23. The van der Waals surface area contributed by atoms with Crippen molar-refractivity contribution in [1.82, 2.24) is 5.32 Å². The second-order valence-corrected chi connectivity index (χ2v) is 6.34. The Morgan fingerprint density at radius 1 is 1.05 bits per heavy atom. The maximum absolute atomic E-state index is 6.37. The number of hydrogen-bond acceptors (Lipinski definition) is 3. The normalized spacial score (nSPS) is 12.1. The van der Waals surface area contributed by atoms with E-state index in [0.717, 1.165) is 24.5 Å². The van der Waals surface area contributed by atoms with Crippen molar-refractivity contribution in [2.45, 2.75) is 30.8 Å². The lowest BCUT2D eigenvalue weighted by atomic mass is 10.1. The Hall–Kier alpha value is -1.45. The van der Waals surface area contributed by atoms with Gasteiger partial charge in [-0.15, -0.1) is 11.8 Å².